The third-order valence-corrected chi connectivity index (χ3v) is 4.89. The summed E-state index contributed by atoms with van der Waals surface area (Å²) in [6.07, 6.45) is -7.85. The number of hydrogen-bond donors (Lipinski definition) is 1. The minimum absolute atomic E-state index is 0.0328. The molecule has 3 atom stereocenters. The Kier molecular flexibility index (Phi) is 6.14. The predicted octanol–water partition coefficient (Wildman–Crippen LogP) is 2.37. The summed E-state index contributed by atoms with van der Waals surface area (Å²) in [6, 6.07) is 3.90. The van der Waals surface area contributed by atoms with Crippen LogP contribution in [0.2, 0.25) is 0 Å². The number of amides is 2. The summed E-state index contributed by atoms with van der Waals surface area (Å²) in [4.78, 5) is 26.7. The molecule has 0 bridgehead atoms. The van der Waals surface area contributed by atoms with Gasteiger partial charge in [0.05, 0.1) is 5.56 Å². The molecule has 0 spiro atoms. The minimum Gasteiger partial charge on any atom is -0.376 e. The Labute approximate surface area is 154 Å². The monoisotopic (exact) mass is 390 g/mol. The Morgan fingerprint density at radius 1 is 1.33 bits per heavy atom. The maximum absolute atomic E-state index is 14.1. The highest BCUT2D eigenvalue weighted by molar-refractivity contribution is 5.94. The van der Waals surface area contributed by atoms with Crippen molar-refractivity contribution in [3.8, 4) is 0 Å². The zero-order chi connectivity index (χ0) is 20.5. The van der Waals surface area contributed by atoms with Crippen LogP contribution < -0.4 is 0 Å². The van der Waals surface area contributed by atoms with Crippen molar-refractivity contribution < 1.29 is 32.3 Å². The maximum Gasteiger partial charge on any atom is 0.423 e. The van der Waals surface area contributed by atoms with E-state index in [1.807, 2.05) is 0 Å². The second-order valence-electron chi connectivity index (χ2n) is 6.96. The Hall–Kier alpha value is -2.16. The average Bonchev–Trinajstić information content (AvgIpc) is 2.58. The number of carbonyl (C=O) groups is 2. The van der Waals surface area contributed by atoms with E-state index in [1.165, 1.54) is 24.1 Å². The zero-order valence-electron chi connectivity index (χ0n) is 15.3. The molecule has 1 N–H and O–H groups in total. The fraction of sp³-hybridized carbons (Fsp3) is 0.556. The number of hydrogen-bond acceptors (Lipinski definition) is 3. The predicted molar refractivity (Wildman–Crippen MR) is 89.4 cm³/mol. The van der Waals surface area contributed by atoms with Crippen molar-refractivity contribution in [1.29, 1.82) is 0 Å². The summed E-state index contributed by atoms with van der Waals surface area (Å²) in [5.74, 6) is -2.91. The Bertz CT molecular complexity index is 723. The van der Waals surface area contributed by atoms with E-state index in [0.717, 1.165) is 4.90 Å². The number of aliphatic hydroxyl groups is 1. The van der Waals surface area contributed by atoms with Gasteiger partial charge in [0.15, 0.2) is 0 Å². The van der Waals surface area contributed by atoms with Gasteiger partial charge < -0.3 is 14.9 Å². The van der Waals surface area contributed by atoms with Gasteiger partial charge >= 0.3 is 6.18 Å². The number of aryl methyl sites for hydroxylation is 1. The number of likely N-dealkylation sites (tertiary alicyclic amines) is 1. The molecule has 150 valence electrons. The van der Waals surface area contributed by atoms with E-state index in [2.05, 4.69) is 0 Å². The molecule has 0 aromatic heterocycles. The van der Waals surface area contributed by atoms with Crippen LogP contribution in [-0.2, 0) is 4.79 Å². The van der Waals surface area contributed by atoms with Gasteiger partial charge in [0.25, 0.3) is 11.8 Å². The molecule has 1 aliphatic heterocycles. The normalized spacial score (nSPS) is 21.7. The lowest BCUT2D eigenvalue weighted by molar-refractivity contribution is -0.211. The highest BCUT2D eigenvalue weighted by Crippen LogP contribution is 2.27. The summed E-state index contributed by atoms with van der Waals surface area (Å²) in [5.41, 5.74) is 0.594. The van der Waals surface area contributed by atoms with Gasteiger partial charge in [-0.3, -0.25) is 9.59 Å². The van der Waals surface area contributed by atoms with Crippen LogP contribution in [0.5, 0.6) is 0 Å². The van der Waals surface area contributed by atoms with Gasteiger partial charge in [-0.25, -0.2) is 4.39 Å². The van der Waals surface area contributed by atoms with Gasteiger partial charge in [-0.1, -0.05) is 13.0 Å². The molecule has 0 unspecified atom stereocenters. The van der Waals surface area contributed by atoms with Gasteiger partial charge in [0.1, 0.15) is 5.82 Å². The lowest BCUT2D eigenvalue weighted by atomic mass is 9.91. The second-order valence-corrected chi connectivity index (χ2v) is 6.96. The first-order valence-electron chi connectivity index (χ1n) is 8.50. The number of piperidine rings is 1. The van der Waals surface area contributed by atoms with E-state index < -0.39 is 29.9 Å². The van der Waals surface area contributed by atoms with E-state index in [-0.39, 0.29) is 37.0 Å². The average molecular weight is 390 g/mol. The number of alkyl halides is 3. The Morgan fingerprint density at radius 3 is 2.48 bits per heavy atom. The number of aliphatic hydroxyl groups excluding tert-OH is 1. The molecule has 2 rings (SSSR count). The number of rotatable bonds is 3. The SMILES string of the molecule is Cc1ccc(C(=O)N(C)[C@H]2CCN(C(=O)[C@@H](O)C(F)(F)F)C[C@H]2C)c(F)c1. The highest BCUT2D eigenvalue weighted by atomic mass is 19.4. The van der Waals surface area contributed by atoms with E-state index in [4.69, 9.17) is 5.11 Å². The molecular formula is C18H22F4N2O3. The molecule has 2 amide bonds. The fourth-order valence-corrected chi connectivity index (χ4v) is 3.36. The van der Waals surface area contributed by atoms with Crippen molar-refractivity contribution in [2.45, 2.75) is 38.6 Å². The molecule has 5 nitrogen and oxygen atoms in total. The van der Waals surface area contributed by atoms with E-state index in [1.54, 1.807) is 19.9 Å². The smallest absolute Gasteiger partial charge is 0.376 e. The summed E-state index contributed by atoms with van der Waals surface area (Å²) in [7, 11) is 1.50. The molecule has 27 heavy (non-hydrogen) atoms. The topological polar surface area (TPSA) is 60.9 Å². The quantitative estimate of drug-likeness (QED) is 0.807. The van der Waals surface area contributed by atoms with Crippen molar-refractivity contribution in [3.63, 3.8) is 0 Å². The number of benzene rings is 1. The van der Waals surface area contributed by atoms with Crippen molar-refractivity contribution in [2.75, 3.05) is 20.1 Å². The molecule has 1 aromatic carbocycles. The zero-order valence-corrected chi connectivity index (χ0v) is 15.3. The molecule has 9 heteroatoms. The van der Waals surface area contributed by atoms with Crippen molar-refractivity contribution >= 4 is 11.8 Å². The number of nitrogens with zero attached hydrogens (tertiary/aromatic N) is 2. The van der Waals surface area contributed by atoms with Crippen molar-refractivity contribution in [3.05, 3.63) is 35.1 Å². The molecule has 1 saturated heterocycles. The molecule has 1 heterocycles. The molecule has 0 aliphatic carbocycles. The lowest BCUT2D eigenvalue weighted by Crippen LogP contribution is -2.55. The van der Waals surface area contributed by atoms with Crippen LogP contribution in [0.25, 0.3) is 0 Å². The standard InChI is InChI=1S/C18H22F4N2O3/c1-10-4-5-12(13(19)8-10)16(26)23(3)14-6-7-24(9-11(14)2)17(27)15(25)18(20,21)22/h4-5,8,11,14-15,25H,6-7,9H2,1-3H3/t11-,14+,15-/m1/s1. The third kappa shape index (κ3) is 4.58. The summed E-state index contributed by atoms with van der Waals surface area (Å²) < 4.78 is 51.7. The van der Waals surface area contributed by atoms with Crippen LogP contribution in [0.3, 0.4) is 0 Å². The molecule has 1 aliphatic rings. The van der Waals surface area contributed by atoms with Crippen LogP contribution in [0.15, 0.2) is 18.2 Å². The van der Waals surface area contributed by atoms with Gasteiger partial charge in [-0.05, 0) is 37.0 Å². The maximum atomic E-state index is 14.1. The van der Waals surface area contributed by atoms with Crippen molar-refractivity contribution in [1.82, 2.24) is 9.80 Å². The fourth-order valence-electron chi connectivity index (χ4n) is 3.36. The van der Waals surface area contributed by atoms with Crippen LogP contribution in [0, 0.1) is 18.7 Å². The summed E-state index contributed by atoms with van der Waals surface area (Å²) in [6.45, 7) is 3.32. The van der Waals surface area contributed by atoms with Crippen LogP contribution in [0.4, 0.5) is 17.6 Å². The molecule has 1 fully saturated rings. The highest BCUT2D eigenvalue weighted by Gasteiger charge is 2.46. The van der Waals surface area contributed by atoms with Gasteiger partial charge in [-0.15, -0.1) is 0 Å². The number of halogens is 4. The first-order chi connectivity index (χ1) is 12.4. The van der Waals surface area contributed by atoms with E-state index >= 15 is 0 Å². The largest absolute Gasteiger partial charge is 0.423 e. The van der Waals surface area contributed by atoms with E-state index in [0.29, 0.717) is 5.56 Å². The van der Waals surface area contributed by atoms with Crippen molar-refractivity contribution in [2.24, 2.45) is 5.92 Å². The van der Waals surface area contributed by atoms with Gasteiger partial charge in [0, 0.05) is 26.2 Å². The third-order valence-electron chi connectivity index (χ3n) is 4.89. The first-order valence-corrected chi connectivity index (χ1v) is 8.50. The van der Waals surface area contributed by atoms with Crippen LogP contribution >= 0.6 is 0 Å². The Morgan fingerprint density at radius 2 is 1.96 bits per heavy atom. The second kappa shape index (κ2) is 7.84. The minimum atomic E-state index is -5.02. The molecular weight excluding hydrogens is 368 g/mol. The van der Waals surface area contributed by atoms with Gasteiger partial charge in [0.2, 0.25) is 6.10 Å². The Balaban J connectivity index is 2.07. The van der Waals surface area contributed by atoms with E-state index in [9.17, 15) is 27.2 Å². The lowest BCUT2D eigenvalue weighted by Gasteiger charge is -2.41. The van der Waals surface area contributed by atoms with Crippen LogP contribution in [-0.4, -0.2) is 65.2 Å². The molecule has 0 radical (unpaired) electrons. The molecule has 0 saturated carbocycles. The van der Waals surface area contributed by atoms with Gasteiger partial charge in [-0.2, -0.15) is 13.2 Å². The summed E-state index contributed by atoms with van der Waals surface area (Å²) in [5, 5.41) is 9.14. The molecule has 1 aromatic rings. The number of carbonyl (C=O) groups excluding carboxylic acids is 2. The summed E-state index contributed by atoms with van der Waals surface area (Å²) >= 11 is 0. The van der Waals surface area contributed by atoms with Crippen LogP contribution in [0.1, 0.15) is 29.3 Å². The first kappa shape index (κ1) is 21.1.